The molecule has 8 aromatic rings. The summed E-state index contributed by atoms with van der Waals surface area (Å²) in [7, 11) is 0. The van der Waals surface area contributed by atoms with E-state index in [1.807, 2.05) is 0 Å². The van der Waals surface area contributed by atoms with Gasteiger partial charge in [0, 0.05) is 22.1 Å². The van der Waals surface area contributed by atoms with E-state index in [0.717, 1.165) is 11.4 Å². The van der Waals surface area contributed by atoms with Crippen molar-refractivity contribution in [3.63, 3.8) is 0 Å². The molecule has 0 atom stereocenters. The molecule has 0 N–H and O–H groups in total. The Balaban J connectivity index is 1.38. The molecule has 0 aromatic heterocycles. The van der Waals surface area contributed by atoms with Crippen LogP contribution in [0.5, 0.6) is 0 Å². The Morgan fingerprint density at radius 3 is 1.24 bits per heavy atom. The average Bonchev–Trinajstić information content (AvgIpc) is 3.51. The van der Waals surface area contributed by atoms with E-state index in [9.17, 15) is 0 Å². The fraction of sp³-hybridized carbons (Fsp3) is 0.292. The van der Waals surface area contributed by atoms with Crippen molar-refractivity contribution >= 4 is 27.8 Å². The van der Waals surface area contributed by atoms with Gasteiger partial charge in [0.05, 0.1) is 17.1 Å². The summed E-state index contributed by atoms with van der Waals surface area (Å²) >= 11 is 0. The molecule has 0 bridgehead atoms. The highest BCUT2D eigenvalue weighted by Gasteiger charge is 2.38. The smallest absolute Gasteiger partial charge is 0.0543 e. The van der Waals surface area contributed by atoms with E-state index >= 15 is 0 Å². The lowest BCUT2D eigenvalue weighted by Crippen LogP contribution is -2.17. The normalized spacial score (nSPS) is 13.7. The summed E-state index contributed by atoms with van der Waals surface area (Å²) in [6.07, 6.45) is 0. The third kappa shape index (κ3) is 7.99. The minimum absolute atomic E-state index is 0.00686. The zero-order valence-corrected chi connectivity index (χ0v) is 42.0. The van der Waals surface area contributed by atoms with Crippen LogP contribution < -0.4 is 4.90 Å². The second-order valence-corrected chi connectivity index (χ2v) is 23.5. The van der Waals surface area contributed by atoms with E-state index in [4.69, 9.17) is 0 Å². The van der Waals surface area contributed by atoms with E-state index < -0.39 is 0 Å². The molecule has 0 saturated carbocycles. The van der Waals surface area contributed by atoms with Crippen LogP contribution in [0.3, 0.4) is 0 Å². The van der Waals surface area contributed by atoms with E-state index in [1.54, 1.807) is 0 Å². The van der Waals surface area contributed by atoms with Gasteiger partial charge in [0.15, 0.2) is 0 Å². The first kappa shape index (κ1) is 45.0. The lowest BCUT2D eigenvalue weighted by molar-refractivity contribution is 0.568. The molecule has 1 aliphatic carbocycles. The maximum Gasteiger partial charge on any atom is 0.0543 e. The number of benzene rings is 8. The molecular weight excluding hydrogens is 795 g/mol. The first-order chi connectivity index (χ1) is 31.0. The Morgan fingerprint density at radius 2 is 0.712 bits per heavy atom. The van der Waals surface area contributed by atoms with Gasteiger partial charge in [0.2, 0.25) is 0 Å². The Bertz CT molecular complexity index is 3070. The van der Waals surface area contributed by atoms with Crippen LogP contribution in [0.15, 0.2) is 164 Å². The Morgan fingerprint density at radius 1 is 0.333 bits per heavy atom. The summed E-state index contributed by atoms with van der Waals surface area (Å²) < 4.78 is 0. The highest BCUT2D eigenvalue weighted by atomic mass is 15.2. The standard InChI is InChI=1S/C65H69N/c1-61(2,3)45-36-43(37-46(40-45)62(4,5)6)49-26-16-19-33-56(49)66(58-35-23-32-55-60(58)53-28-15-18-31-54(53)65(55,13)14)57-34-20-17-27-51(57)52-30-22-25-42-24-21-29-50(59(42)52)44-38-47(63(7,8)9)41-48(39-44)64(10,11)12/h15-41H,1-14H3. The third-order valence-electron chi connectivity index (χ3n) is 14.3. The number of nitrogens with zero attached hydrogens (tertiary/aromatic N) is 1. The molecular formula is C65H69N. The zero-order valence-electron chi connectivity index (χ0n) is 42.0. The Kier molecular flexibility index (Phi) is 10.9. The first-order valence-electron chi connectivity index (χ1n) is 24.1. The van der Waals surface area contributed by atoms with Crippen molar-refractivity contribution < 1.29 is 0 Å². The second-order valence-electron chi connectivity index (χ2n) is 23.5. The van der Waals surface area contributed by atoms with E-state index in [0.29, 0.717) is 0 Å². The molecule has 334 valence electrons. The fourth-order valence-electron chi connectivity index (χ4n) is 10.2. The quantitative estimate of drug-likeness (QED) is 0.161. The summed E-state index contributed by atoms with van der Waals surface area (Å²) in [5.74, 6) is 0. The van der Waals surface area contributed by atoms with Gasteiger partial charge in [-0.25, -0.2) is 0 Å². The Hall–Kier alpha value is -6.18. The van der Waals surface area contributed by atoms with Crippen LogP contribution in [0.25, 0.3) is 55.3 Å². The summed E-state index contributed by atoms with van der Waals surface area (Å²) in [6, 6.07) is 62.7. The molecule has 0 spiro atoms. The van der Waals surface area contributed by atoms with Gasteiger partial charge in [-0.05, 0) is 112 Å². The second kappa shape index (κ2) is 16.0. The number of hydrogen-bond donors (Lipinski definition) is 0. The summed E-state index contributed by atoms with van der Waals surface area (Å²) in [5, 5.41) is 2.50. The monoisotopic (exact) mass is 864 g/mol. The molecule has 1 nitrogen and oxygen atoms in total. The minimum atomic E-state index is -0.159. The highest BCUT2D eigenvalue weighted by molar-refractivity contribution is 6.10. The van der Waals surface area contributed by atoms with Gasteiger partial charge in [0.1, 0.15) is 0 Å². The predicted octanol–water partition coefficient (Wildman–Crippen LogP) is 18.8. The average molecular weight is 864 g/mol. The topological polar surface area (TPSA) is 3.24 Å². The van der Waals surface area contributed by atoms with Crippen molar-refractivity contribution in [3.05, 3.63) is 197 Å². The molecule has 0 saturated heterocycles. The summed E-state index contributed by atoms with van der Waals surface area (Å²) in [5.41, 5.74) is 21.3. The molecule has 0 unspecified atom stereocenters. The van der Waals surface area contributed by atoms with Gasteiger partial charge in [-0.3, -0.25) is 0 Å². The zero-order chi connectivity index (χ0) is 47.1. The number of para-hydroxylation sites is 2. The van der Waals surface area contributed by atoms with Crippen LogP contribution in [-0.4, -0.2) is 0 Å². The van der Waals surface area contributed by atoms with Gasteiger partial charge >= 0.3 is 0 Å². The van der Waals surface area contributed by atoms with Crippen molar-refractivity contribution in [2.45, 2.75) is 124 Å². The van der Waals surface area contributed by atoms with Crippen LogP contribution >= 0.6 is 0 Å². The van der Waals surface area contributed by atoms with Gasteiger partial charge in [-0.1, -0.05) is 243 Å². The predicted molar refractivity (Wildman–Crippen MR) is 287 cm³/mol. The van der Waals surface area contributed by atoms with E-state index in [2.05, 4.69) is 266 Å². The maximum absolute atomic E-state index is 2.60. The minimum Gasteiger partial charge on any atom is -0.309 e. The van der Waals surface area contributed by atoms with Crippen LogP contribution in [0.4, 0.5) is 17.1 Å². The van der Waals surface area contributed by atoms with E-state index in [1.165, 1.54) is 94.3 Å². The van der Waals surface area contributed by atoms with Crippen molar-refractivity contribution in [3.8, 4) is 44.5 Å². The molecule has 0 radical (unpaired) electrons. The largest absolute Gasteiger partial charge is 0.309 e. The third-order valence-corrected chi connectivity index (χ3v) is 14.3. The summed E-state index contributed by atoms with van der Waals surface area (Å²) in [6.45, 7) is 32.8. The fourth-order valence-corrected chi connectivity index (χ4v) is 10.2. The number of anilines is 3. The van der Waals surface area contributed by atoms with Crippen molar-refractivity contribution in [2.24, 2.45) is 0 Å². The molecule has 1 heteroatoms. The van der Waals surface area contributed by atoms with Gasteiger partial charge < -0.3 is 4.90 Å². The van der Waals surface area contributed by atoms with Crippen LogP contribution in [0, 0.1) is 0 Å². The van der Waals surface area contributed by atoms with Gasteiger partial charge in [-0.2, -0.15) is 0 Å². The molecule has 9 rings (SSSR count). The molecule has 0 fully saturated rings. The lowest BCUT2D eigenvalue weighted by Gasteiger charge is -2.33. The molecule has 0 aliphatic heterocycles. The number of hydrogen-bond acceptors (Lipinski definition) is 1. The number of rotatable bonds is 6. The van der Waals surface area contributed by atoms with Crippen molar-refractivity contribution in [1.29, 1.82) is 0 Å². The lowest BCUT2D eigenvalue weighted by atomic mass is 9.78. The Labute approximate surface area is 396 Å². The molecule has 1 aliphatic rings. The summed E-state index contributed by atoms with van der Waals surface area (Å²) in [4.78, 5) is 2.60. The maximum atomic E-state index is 2.60. The van der Waals surface area contributed by atoms with Gasteiger partial charge in [-0.15, -0.1) is 0 Å². The van der Waals surface area contributed by atoms with Crippen molar-refractivity contribution in [1.82, 2.24) is 0 Å². The molecule has 66 heavy (non-hydrogen) atoms. The SMILES string of the molecule is CC(C)(C)c1cc(-c2ccccc2N(c2ccccc2-c2cccc3cccc(-c4cc(C(C)(C)C)cc(C(C)(C)C)c4)c23)c2cccc3c2-c2ccccc2C3(C)C)cc(C(C)(C)C)c1. The highest BCUT2D eigenvalue weighted by Crippen LogP contribution is 2.56. The van der Waals surface area contributed by atoms with Gasteiger partial charge in [0.25, 0.3) is 0 Å². The molecule has 0 heterocycles. The number of fused-ring (bicyclic) bond motifs is 4. The first-order valence-corrected chi connectivity index (χ1v) is 24.1. The molecule has 8 aromatic carbocycles. The molecule has 0 amide bonds. The van der Waals surface area contributed by atoms with Crippen LogP contribution in [0.1, 0.15) is 130 Å². The van der Waals surface area contributed by atoms with Crippen LogP contribution in [0.2, 0.25) is 0 Å². The van der Waals surface area contributed by atoms with Crippen molar-refractivity contribution in [2.75, 3.05) is 4.90 Å². The van der Waals surface area contributed by atoms with E-state index in [-0.39, 0.29) is 27.1 Å². The van der Waals surface area contributed by atoms with Crippen LogP contribution in [-0.2, 0) is 27.1 Å².